The molecule has 0 spiro atoms. The molecule has 7 N–H and O–H groups in total. The van der Waals surface area contributed by atoms with Gasteiger partial charge in [0.2, 0.25) is 0 Å². The van der Waals surface area contributed by atoms with Gasteiger partial charge in [-0.3, -0.25) is 4.79 Å². The topological polar surface area (TPSA) is 157 Å². The zero-order chi connectivity index (χ0) is 15.3. The number of aliphatic carboxylic acids is 1. The molecule has 1 heterocycles. The minimum atomic E-state index is -4.64. The van der Waals surface area contributed by atoms with E-state index >= 15 is 0 Å². The highest BCUT2D eigenvalue weighted by molar-refractivity contribution is 7.45. The molecule has 0 aliphatic rings. The fourth-order valence-corrected chi connectivity index (χ4v) is 1.62. The first-order valence-corrected chi connectivity index (χ1v) is 7.06. The molecule has 1 aromatic carbocycles. The smallest absolute Gasteiger partial charge is 0.466 e. The van der Waals surface area contributed by atoms with Crippen LogP contribution in [0.5, 0.6) is 0 Å². The highest BCUT2D eigenvalue weighted by Gasteiger charge is 2.14. The van der Waals surface area contributed by atoms with Gasteiger partial charge in [0.25, 0.3) is 0 Å². The molecule has 0 aliphatic carbocycles. The number of nitrogens with two attached hydrogens (primary N) is 1. The van der Waals surface area contributed by atoms with Crippen molar-refractivity contribution >= 4 is 37.1 Å². The number of aromatic nitrogens is 1. The van der Waals surface area contributed by atoms with Gasteiger partial charge in [0.15, 0.2) is 0 Å². The van der Waals surface area contributed by atoms with Crippen molar-refractivity contribution in [3.8, 4) is 0 Å². The van der Waals surface area contributed by atoms with Crippen molar-refractivity contribution in [2.45, 2.75) is 12.5 Å². The Morgan fingerprint density at radius 3 is 2.33 bits per heavy atom. The van der Waals surface area contributed by atoms with Crippen LogP contribution < -0.4 is 5.73 Å². The van der Waals surface area contributed by atoms with E-state index in [0.717, 1.165) is 16.5 Å². The van der Waals surface area contributed by atoms with E-state index in [1.54, 1.807) is 0 Å². The van der Waals surface area contributed by atoms with Crippen LogP contribution in [0.2, 0.25) is 0 Å². The van der Waals surface area contributed by atoms with Crippen LogP contribution >= 0.6 is 20.2 Å². The van der Waals surface area contributed by atoms with Gasteiger partial charge in [-0.15, -0.1) is 12.4 Å². The molecule has 0 saturated carbocycles. The second-order valence-corrected chi connectivity index (χ2v) is 5.05. The Morgan fingerprint density at radius 1 is 1.29 bits per heavy atom. The molecular weight excluding hydrogens is 323 g/mol. The first-order valence-electron chi connectivity index (χ1n) is 5.50. The van der Waals surface area contributed by atoms with Crippen molar-refractivity contribution in [3.63, 3.8) is 0 Å². The first kappa shape index (κ1) is 19.6. The predicted octanol–water partition coefficient (Wildman–Crippen LogP) is 0.615. The van der Waals surface area contributed by atoms with Gasteiger partial charge in [0, 0.05) is 23.5 Å². The Bertz CT molecular complexity index is 632. The monoisotopic (exact) mass is 338 g/mol. The van der Waals surface area contributed by atoms with Crippen LogP contribution in [0.4, 0.5) is 0 Å². The molecule has 118 valence electrons. The highest BCUT2D eigenvalue weighted by atomic mass is 35.5. The fourth-order valence-electron chi connectivity index (χ4n) is 1.62. The Morgan fingerprint density at radius 2 is 1.81 bits per heavy atom. The molecule has 0 bridgehead atoms. The van der Waals surface area contributed by atoms with Crippen molar-refractivity contribution < 1.29 is 29.1 Å². The molecule has 1 aromatic heterocycles. The van der Waals surface area contributed by atoms with Crippen LogP contribution in [0.1, 0.15) is 5.56 Å². The Hall–Kier alpha value is -1.41. The van der Waals surface area contributed by atoms with Crippen LogP contribution in [0.15, 0.2) is 30.5 Å². The molecule has 0 radical (unpaired) electrons. The van der Waals surface area contributed by atoms with Gasteiger partial charge in [-0.05, 0) is 11.6 Å². The second kappa shape index (κ2) is 8.14. The molecule has 0 saturated heterocycles. The zero-order valence-electron chi connectivity index (χ0n) is 10.7. The predicted molar refractivity (Wildman–Crippen MR) is 79.1 cm³/mol. The maximum absolute atomic E-state index is 10.6. The number of halogens is 1. The number of fused-ring (bicyclic) bond motifs is 1. The molecule has 0 amide bonds. The number of H-pyrrole nitrogens is 1. The van der Waals surface area contributed by atoms with Gasteiger partial charge in [-0.2, -0.15) is 0 Å². The fraction of sp³-hybridized carbons (Fsp3) is 0.182. The Kier molecular flexibility index (Phi) is 7.59. The van der Waals surface area contributed by atoms with E-state index in [9.17, 15) is 4.79 Å². The van der Waals surface area contributed by atoms with Crippen LogP contribution in [0.25, 0.3) is 10.9 Å². The summed E-state index contributed by atoms with van der Waals surface area (Å²) in [5.41, 5.74) is 7.43. The summed E-state index contributed by atoms with van der Waals surface area (Å²) in [5, 5.41) is 9.75. The highest BCUT2D eigenvalue weighted by Crippen LogP contribution is 2.25. The van der Waals surface area contributed by atoms with E-state index in [1.807, 2.05) is 30.5 Å². The van der Waals surface area contributed by atoms with Crippen molar-refractivity contribution in [3.05, 3.63) is 36.0 Å². The minimum Gasteiger partial charge on any atom is -0.480 e. The third-order valence-electron chi connectivity index (χ3n) is 2.43. The summed E-state index contributed by atoms with van der Waals surface area (Å²) >= 11 is 0. The summed E-state index contributed by atoms with van der Waals surface area (Å²) in [6.07, 6.45) is 2.16. The summed E-state index contributed by atoms with van der Waals surface area (Å²) in [5.74, 6) is -0.972. The molecular formula is C11H16ClN2O6P. The average molecular weight is 339 g/mol. The first-order chi connectivity index (χ1) is 9.18. The number of phosphoric acid groups is 1. The number of hydrogen-bond donors (Lipinski definition) is 6. The number of carbonyl (C=O) groups is 1. The second-order valence-electron chi connectivity index (χ2n) is 4.02. The van der Waals surface area contributed by atoms with Gasteiger partial charge in [-0.1, -0.05) is 18.2 Å². The van der Waals surface area contributed by atoms with Crippen molar-refractivity contribution in [2.75, 3.05) is 0 Å². The van der Waals surface area contributed by atoms with E-state index in [4.69, 9.17) is 30.1 Å². The lowest BCUT2D eigenvalue weighted by molar-refractivity contribution is -0.138. The van der Waals surface area contributed by atoms with Crippen LogP contribution in [0.3, 0.4) is 0 Å². The molecule has 21 heavy (non-hydrogen) atoms. The number of para-hydroxylation sites is 1. The molecule has 0 fully saturated rings. The van der Waals surface area contributed by atoms with Crippen LogP contribution in [0, 0.1) is 0 Å². The van der Waals surface area contributed by atoms with E-state index in [0.29, 0.717) is 6.42 Å². The molecule has 2 aromatic rings. The number of carboxylic acid groups (broad SMARTS) is 1. The standard InChI is InChI=1S/C11H12N2O2.ClH.H3O4P/c12-9(11(14)15)5-7-6-13-10-4-2-1-3-8(7)10;;1-5(2,3)4/h1-4,6,9,13H,5,12H2,(H,14,15);1H;(H3,1,2,3,4). The molecule has 2 rings (SSSR count). The quantitative estimate of drug-likeness (QED) is 0.448. The van der Waals surface area contributed by atoms with E-state index in [1.165, 1.54) is 0 Å². The summed E-state index contributed by atoms with van der Waals surface area (Å²) in [6.45, 7) is 0. The van der Waals surface area contributed by atoms with E-state index in [-0.39, 0.29) is 12.4 Å². The molecule has 0 aliphatic heterocycles. The third-order valence-corrected chi connectivity index (χ3v) is 2.43. The number of benzene rings is 1. The molecule has 8 nitrogen and oxygen atoms in total. The Balaban J connectivity index is 0.000000583. The van der Waals surface area contributed by atoms with Crippen LogP contribution in [-0.4, -0.2) is 36.8 Å². The van der Waals surface area contributed by atoms with Crippen molar-refractivity contribution in [1.29, 1.82) is 0 Å². The van der Waals surface area contributed by atoms with Gasteiger partial charge in [0.05, 0.1) is 0 Å². The number of aromatic amines is 1. The average Bonchev–Trinajstić information content (AvgIpc) is 2.70. The number of rotatable bonds is 3. The molecule has 1 atom stereocenters. The number of nitrogens with one attached hydrogen (secondary N) is 1. The largest absolute Gasteiger partial charge is 0.480 e. The van der Waals surface area contributed by atoms with E-state index in [2.05, 4.69) is 4.98 Å². The van der Waals surface area contributed by atoms with Crippen molar-refractivity contribution in [2.24, 2.45) is 5.73 Å². The van der Waals surface area contributed by atoms with Gasteiger partial charge >= 0.3 is 13.8 Å². The number of carboxylic acids is 1. The lowest BCUT2D eigenvalue weighted by Gasteiger charge is -2.04. The van der Waals surface area contributed by atoms with Gasteiger partial charge < -0.3 is 30.5 Å². The van der Waals surface area contributed by atoms with Gasteiger partial charge in [-0.25, -0.2) is 4.57 Å². The Labute approximate surface area is 126 Å². The summed E-state index contributed by atoms with van der Waals surface area (Å²) in [7, 11) is -4.64. The zero-order valence-corrected chi connectivity index (χ0v) is 12.4. The van der Waals surface area contributed by atoms with E-state index < -0.39 is 19.8 Å². The maximum Gasteiger partial charge on any atom is 0.466 e. The van der Waals surface area contributed by atoms with Crippen LogP contribution in [-0.2, 0) is 15.8 Å². The lowest BCUT2D eigenvalue weighted by Crippen LogP contribution is -2.32. The van der Waals surface area contributed by atoms with Crippen molar-refractivity contribution in [1.82, 2.24) is 4.98 Å². The number of hydrogen-bond acceptors (Lipinski definition) is 3. The molecule has 10 heteroatoms. The van der Waals surface area contributed by atoms with Gasteiger partial charge in [0.1, 0.15) is 6.04 Å². The SMILES string of the molecule is Cl.NC(Cc1c[nH]c2ccccc12)C(=O)O.O=P(O)(O)O. The minimum absolute atomic E-state index is 0. The summed E-state index contributed by atoms with van der Waals surface area (Å²) < 4.78 is 8.88. The lowest BCUT2D eigenvalue weighted by atomic mass is 10.1. The molecule has 1 unspecified atom stereocenters. The normalized spacial score (nSPS) is 12.0. The maximum atomic E-state index is 10.6. The summed E-state index contributed by atoms with van der Waals surface area (Å²) in [4.78, 5) is 35.3. The third kappa shape index (κ3) is 7.24. The summed E-state index contributed by atoms with van der Waals surface area (Å²) in [6, 6.07) is 6.91.